The Balaban J connectivity index is 2.15. The Morgan fingerprint density at radius 1 is 0.519 bits per heavy atom. The Morgan fingerprint density at radius 3 is 1.48 bits per heavy atom. The molecule has 0 N–H and O–H groups in total. The zero-order valence-electron chi connectivity index (χ0n) is 24.9. The highest BCUT2D eigenvalue weighted by molar-refractivity contribution is 6.31. The van der Waals surface area contributed by atoms with Crippen molar-refractivity contribution in [1.82, 2.24) is 0 Å². The van der Waals surface area contributed by atoms with E-state index in [4.69, 9.17) is 31.6 Å². The zero-order valence-corrected chi connectivity index (χ0v) is 24.9. The zero-order chi connectivity index (χ0) is 38.3. The fourth-order valence-electron chi connectivity index (χ4n) is 5.96. The van der Waals surface area contributed by atoms with Crippen LogP contribution in [-0.4, -0.2) is 0 Å². The molecule has 0 spiro atoms. The van der Waals surface area contributed by atoms with Gasteiger partial charge in [-0.1, -0.05) is 0 Å². The van der Waals surface area contributed by atoms with Crippen LogP contribution in [0.5, 0.6) is 0 Å². The van der Waals surface area contributed by atoms with Crippen molar-refractivity contribution in [3.63, 3.8) is 0 Å². The number of halogens is 6. The Hall–Kier alpha value is -8.90. The molecule has 16 heteroatoms. The van der Waals surface area contributed by atoms with E-state index >= 15 is 8.78 Å². The molecule has 0 aliphatic heterocycles. The fourth-order valence-corrected chi connectivity index (χ4v) is 5.96. The summed E-state index contributed by atoms with van der Waals surface area (Å²) in [6.07, 6.45) is 0. The molecule has 0 atom stereocenters. The van der Waals surface area contributed by atoms with E-state index in [9.17, 15) is 43.9 Å². The standard InChI is InChI=1S/C36H2F6N10/c1-49-21(11-47)29-23(13-5-19(37)15(7-43)33(41)31(13)39)16(8-44)24-17(9-45)26-28(18(10-46)25(24)29)36(52-4)27(30(26)22(12-48)50-2)14-6-20(38)35(51-3)34(42)32(14)40/h5-6H/b29-21-,30-22-. The number of rotatable bonds is 2. The second-order valence-electron chi connectivity index (χ2n) is 10.1. The maximum absolute atomic E-state index is 15.7. The number of benzene rings is 3. The number of allylic oxidation sites excluding steroid dienone is 7. The van der Waals surface area contributed by atoms with E-state index in [1.807, 2.05) is 0 Å². The minimum atomic E-state index is -2.04. The highest BCUT2D eigenvalue weighted by Crippen LogP contribution is 2.59. The van der Waals surface area contributed by atoms with Gasteiger partial charge in [0.15, 0.2) is 23.3 Å². The van der Waals surface area contributed by atoms with Crippen LogP contribution < -0.4 is 0 Å². The van der Waals surface area contributed by atoms with Crippen LogP contribution in [0.2, 0.25) is 0 Å². The van der Waals surface area contributed by atoms with Gasteiger partial charge in [-0.05, 0) is 34.4 Å². The monoisotopic (exact) mass is 688 g/mol. The van der Waals surface area contributed by atoms with Crippen molar-refractivity contribution in [3.05, 3.63) is 154 Å². The second-order valence-corrected chi connectivity index (χ2v) is 10.1. The summed E-state index contributed by atoms with van der Waals surface area (Å²) in [7, 11) is 0. The highest BCUT2D eigenvalue weighted by Gasteiger charge is 2.44. The Morgan fingerprint density at radius 2 is 1.00 bits per heavy atom. The Bertz CT molecular complexity index is 2680. The van der Waals surface area contributed by atoms with Crippen LogP contribution in [0, 0.1) is 129 Å². The van der Waals surface area contributed by atoms with Gasteiger partial charge in [-0.15, -0.1) is 0 Å². The van der Waals surface area contributed by atoms with Gasteiger partial charge in [0.05, 0.1) is 61.2 Å². The molecule has 0 radical (unpaired) electrons. The summed E-state index contributed by atoms with van der Waals surface area (Å²) in [6.45, 7) is 30.2. The van der Waals surface area contributed by atoms with Crippen LogP contribution >= 0.6 is 0 Å². The molecule has 0 aromatic heterocycles. The lowest BCUT2D eigenvalue weighted by Gasteiger charge is -2.17. The maximum atomic E-state index is 15.7. The van der Waals surface area contributed by atoms with Crippen molar-refractivity contribution in [2.75, 3.05) is 0 Å². The van der Waals surface area contributed by atoms with Gasteiger partial charge in [0.25, 0.3) is 17.1 Å². The van der Waals surface area contributed by atoms with Crippen LogP contribution in [0.4, 0.5) is 32.0 Å². The average molecular weight is 688 g/mol. The number of fused-ring (bicyclic) bond motifs is 2. The first-order valence-corrected chi connectivity index (χ1v) is 13.4. The molecule has 0 fully saturated rings. The molecule has 0 unspecified atom stereocenters. The van der Waals surface area contributed by atoms with Gasteiger partial charge in [-0.2, -0.15) is 21.0 Å². The van der Waals surface area contributed by atoms with Crippen LogP contribution in [0.3, 0.4) is 0 Å². The normalized spacial score (nSPS) is 14.1. The van der Waals surface area contributed by atoms with Crippen LogP contribution in [0.25, 0.3) is 52.9 Å². The van der Waals surface area contributed by atoms with Crippen molar-refractivity contribution in [2.24, 2.45) is 0 Å². The van der Waals surface area contributed by atoms with E-state index in [1.54, 1.807) is 18.2 Å². The van der Waals surface area contributed by atoms with E-state index in [-0.39, 0.29) is 12.1 Å². The van der Waals surface area contributed by atoms with Crippen LogP contribution in [-0.2, 0) is 0 Å². The van der Waals surface area contributed by atoms with E-state index in [0.717, 1.165) is 6.07 Å². The molecule has 0 heterocycles. The third-order valence-electron chi connectivity index (χ3n) is 7.89. The third-order valence-corrected chi connectivity index (χ3v) is 7.89. The molecule has 10 nitrogen and oxygen atoms in total. The molecule has 52 heavy (non-hydrogen) atoms. The summed E-state index contributed by atoms with van der Waals surface area (Å²) >= 11 is 0. The lowest BCUT2D eigenvalue weighted by atomic mass is 9.84. The van der Waals surface area contributed by atoms with E-state index in [1.165, 1.54) is 12.1 Å². The highest BCUT2D eigenvalue weighted by atomic mass is 19.2. The average Bonchev–Trinajstić information content (AvgIpc) is 3.65. The quantitative estimate of drug-likeness (QED) is 0.114. The lowest BCUT2D eigenvalue weighted by Crippen LogP contribution is -2.05. The molecule has 3 aromatic carbocycles. The summed E-state index contributed by atoms with van der Waals surface area (Å²) in [6, 6.07) is 9.44. The van der Waals surface area contributed by atoms with E-state index in [2.05, 4.69) is 19.4 Å². The smallest absolute Gasteiger partial charge is 0.237 e. The van der Waals surface area contributed by atoms with E-state index < -0.39 is 136 Å². The fraction of sp³-hybridized carbons (Fsp3) is 0. The van der Waals surface area contributed by atoms with Gasteiger partial charge in [0, 0.05) is 33.4 Å². The first kappa shape index (κ1) is 34.4. The molecule has 2 aliphatic rings. The molecule has 0 amide bonds. The predicted octanol–water partition coefficient (Wildman–Crippen LogP) is 8.24. The van der Waals surface area contributed by atoms with Gasteiger partial charge >= 0.3 is 0 Å². The van der Waals surface area contributed by atoms with Gasteiger partial charge in [-0.25, -0.2) is 56.2 Å². The summed E-state index contributed by atoms with van der Waals surface area (Å²) in [5, 5.41) is 60.6. The minimum Gasteiger partial charge on any atom is -0.237 e. The number of hydrogen-bond donors (Lipinski definition) is 0. The lowest BCUT2D eigenvalue weighted by molar-refractivity contribution is 0.489. The Kier molecular flexibility index (Phi) is 8.35. The largest absolute Gasteiger partial charge is 0.270 e. The van der Waals surface area contributed by atoms with Gasteiger partial charge < -0.3 is 0 Å². The molecule has 5 rings (SSSR count). The van der Waals surface area contributed by atoms with Crippen LogP contribution in [0.1, 0.15) is 50.1 Å². The summed E-state index contributed by atoms with van der Waals surface area (Å²) in [5.41, 5.74) is -17.0. The predicted molar refractivity (Wildman–Crippen MR) is 164 cm³/mol. The first-order chi connectivity index (χ1) is 24.9. The SMILES string of the molecule is [C-]#[N+]C1=C(c2cc(F)c([N+]#[C-])c(F)c2F)/C(=C(/C#N)[N+]#[C-])c2c(C#N)c3c(c(C#N)c21)/C(=C(/C#N)[N+]#[C-])C(c1cc(F)c(C#N)c(F)c1F)=C3C#N. The summed E-state index contributed by atoms with van der Waals surface area (Å²) in [4.78, 5) is 11.9. The molecule has 0 bridgehead atoms. The minimum absolute atomic E-state index is 0.263. The van der Waals surface area contributed by atoms with Crippen molar-refractivity contribution < 1.29 is 26.3 Å². The maximum Gasteiger partial charge on any atom is 0.270 e. The molecule has 2 aliphatic carbocycles. The summed E-state index contributed by atoms with van der Waals surface area (Å²) in [5.74, 6) is -11.3. The Labute approximate surface area is 287 Å². The number of hydrogen-bond acceptors (Lipinski definition) is 6. The van der Waals surface area contributed by atoms with Gasteiger partial charge in [0.2, 0.25) is 5.70 Å². The summed E-state index contributed by atoms with van der Waals surface area (Å²) < 4.78 is 91.2. The van der Waals surface area contributed by atoms with Crippen molar-refractivity contribution in [3.8, 4) is 36.4 Å². The topological polar surface area (TPSA) is 160 Å². The van der Waals surface area contributed by atoms with Crippen molar-refractivity contribution in [1.29, 1.82) is 31.6 Å². The van der Waals surface area contributed by atoms with Crippen molar-refractivity contribution >= 4 is 39.2 Å². The number of nitriles is 6. The van der Waals surface area contributed by atoms with Crippen LogP contribution in [0.15, 0.2) is 23.5 Å². The number of nitrogens with zero attached hydrogens (tertiary/aromatic N) is 10. The van der Waals surface area contributed by atoms with Crippen molar-refractivity contribution in [2.45, 2.75) is 0 Å². The molecule has 3 aromatic rings. The van der Waals surface area contributed by atoms with Gasteiger partial charge in [0.1, 0.15) is 35.4 Å². The second kappa shape index (κ2) is 12.6. The van der Waals surface area contributed by atoms with E-state index in [0.29, 0.717) is 0 Å². The van der Waals surface area contributed by atoms with Gasteiger partial charge in [-0.3, -0.25) is 0 Å². The first-order valence-electron chi connectivity index (χ1n) is 13.4. The third kappa shape index (κ3) is 4.36. The molecule has 0 saturated carbocycles. The molecular weight excluding hydrogens is 686 g/mol. The molecule has 0 saturated heterocycles. The molecular formula is C36H2F6N10. The molecule has 238 valence electrons.